The van der Waals surface area contributed by atoms with Gasteiger partial charge in [0.2, 0.25) is 6.43 Å². The molecule has 0 spiro atoms. The van der Waals surface area contributed by atoms with Crippen LogP contribution in [0.2, 0.25) is 0 Å². The molecule has 1 unspecified atom stereocenters. The van der Waals surface area contributed by atoms with Crippen LogP contribution in [-0.2, 0) is 6.42 Å². The van der Waals surface area contributed by atoms with Gasteiger partial charge in [-0.25, -0.2) is 8.78 Å². The molecule has 0 fully saturated rings. The molecule has 1 nitrogen and oxygen atoms in total. The number of benzene rings is 1. The van der Waals surface area contributed by atoms with Gasteiger partial charge in [-0.1, -0.05) is 24.3 Å². The van der Waals surface area contributed by atoms with Gasteiger partial charge in [0.1, 0.15) is 0 Å². The van der Waals surface area contributed by atoms with Crippen molar-refractivity contribution >= 4 is 0 Å². The van der Waals surface area contributed by atoms with Crippen molar-refractivity contribution in [2.45, 2.75) is 25.8 Å². The van der Waals surface area contributed by atoms with Crippen molar-refractivity contribution in [3.8, 4) is 0 Å². The first kappa shape index (κ1) is 11.1. The third kappa shape index (κ3) is 3.07. The first-order valence-electron chi connectivity index (χ1n) is 4.67. The highest BCUT2D eigenvalue weighted by atomic mass is 19.3. The van der Waals surface area contributed by atoms with E-state index >= 15 is 0 Å². The van der Waals surface area contributed by atoms with Gasteiger partial charge < -0.3 is 5.32 Å². The van der Waals surface area contributed by atoms with E-state index < -0.39 is 6.43 Å². The first-order valence-corrected chi connectivity index (χ1v) is 4.67. The standard InChI is InChI=1S/C11H15F2N/c1-8(14-2)10-5-3-4-9(6-10)7-11(12)13/h3-6,8,11,14H,7H2,1-2H3. The Morgan fingerprint density at radius 1 is 1.36 bits per heavy atom. The zero-order valence-corrected chi connectivity index (χ0v) is 8.43. The van der Waals surface area contributed by atoms with E-state index in [9.17, 15) is 8.78 Å². The Balaban J connectivity index is 2.78. The maximum absolute atomic E-state index is 12.1. The quantitative estimate of drug-likeness (QED) is 0.786. The minimum atomic E-state index is -2.27. The molecule has 0 aliphatic heterocycles. The lowest BCUT2D eigenvalue weighted by atomic mass is 10.0. The lowest BCUT2D eigenvalue weighted by Crippen LogP contribution is -2.12. The predicted molar refractivity (Wildman–Crippen MR) is 53.6 cm³/mol. The average Bonchev–Trinajstić information content (AvgIpc) is 2.16. The van der Waals surface area contributed by atoms with Crippen LogP contribution in [0.5, 0.6) is 0 Å². The van der Waals surface area contributed by atoms with Gasteiger partial charge in [0.25, 0.3) is 0 Å². The molecular weight excluding hydrogens is 184 g/mol. The highest BCUT2D eigenvalue weighted by Gasteiger charge is 2.07. The topological polar surface area (TPSA) is 12.0 Å². The summed E-state index contributed by atoms with van der Waals surface area (Å²) in [6.45, 7) is 2.00. The zero-order chi connectivity index (χ0) is 10.6. The van der Waals surface area contributed by atoms with Gasteiger partial charge in [-0.3, -0.25) is 0 Å². The van der Waals surface area contributed by atoms with Crippen LogP contribution in [0.4, 0.5) is 8.78 Å². The van der Waals surface area contributed by atoms with E-state index in [1.807, 2.05) is 32.2 Å². The highest BCUT2D eigenvalue weighted by molar-refractivity contribution is 5.26. The highest BCUT2D eigenvalue weighted by Crippen LogP contribution is 2.15. The fourth-order valence-electron chi connectivity index (χ4n) is 1.33. The number of halogens is 2. The molecule has 1 rings (SSSR count). The number of hydrogen-bond donors (Lipinski definition) is 1. The monoisotopic (exact) mass is 199 g/mol. The summed E-state index contributed by atoms with van der Waals surface area (Å²) < 4.78 is 24.2. The van der Waals surface area contributed by atoms with E-state index in [0.717, 1.165) is 5.56 Å². The minimum absolute atomic E-state index is 0.162. The summed E-state index contributed by atoms with van der Waals surface area (Å²) in [5.74, 6) is 0. The molecule has 0 bridgehead atoms. The molecule has 0 aliphatic carbocycles. The van der Waals surface area contributed by atoms with Crippen LogP contribution in [0.15, 0.2) is 24.3 Å². The molecule has 0 amide bonds. The van der Waals surface area contributed by atoms with Gasteiger partial charge >= 0.3 is 0 Å². The number of alkyl halides is 2. The molecular formula is C11H15F2N. The Labute approximate surface area is 83.1 Å². The van der Waals surface area contributed by atoms with Crippen molar-refractivity contribution in [1.82, 2.24) is 5.32 Å². The Morgan fingerprint density at radius 3 is 2.64 bits per heavy atom. The van der Waals surface area contributed by atoms with E-state index in [-0.39, 0.29) is 12.5 Å². The Kier molecular flexibility index (Phi) is 4.01. The molecule has 1 N–H and O–H groups in total. The fraction of sp³-hybridized carbons (Fsp3) is 0.455. The van der Waals surface area contributed by atoms with Crippen molar-refractivity contribution in [2.24, 2.45) is 0 Å². The van der Waals surface area contributed by atoms with Crippen molar-refractivity contribution < 1.29 is 8.78 Å². The van der Waals surface area contributed by atoms with Crippen LogP contribution in [-0.4, -0.2) is 13.5 Å². The Morgan fingerprint density at radius 2 is 2.07 bits per heavy atom. The third-order valence-corrected chi connectivity index (χ3v) is 2.27. The molecule has 0 saturated heterocycles. The maximum Gasteiger partial charge on any atom is 0.242 e. The second-order valence-corrected chi connectivity index (χ2v) is 3.35. The lowest BCUT2D eigenvalue weighted by Gasteiger charge is -2.11. The van der Waals surface area contributed by atoms with Crippen LogP contribution in [0.25, 0.3) is 0 Å². The van der Waals surface area contributed by atoms with E-state index in [4.69, 9.17) is 0 Å². The van der Waals surface area contributed by atoms with Gasteiger partial charge in [0.05, 0.1) is 0 Å². The molecule has 0 heterocycles. The maximum atomic E-state index is 12.1. The smallest absolute Gasteiger partial charge is 0.242 e. The van der Waals surface area contributed by atoms with Crippen LogP contribution < -0.4 is 5.32 Å². The molecule has 78 valence electrons. The molecule has 14 heavy (non-hydrogen) atoms. The van der Waals surface area contributed by atoms with Crippen molar-refractivity contribution in [2.75, 3.05) is 7.05 Å². The summed E-state index contributed by atoms with van der Waals surface area (Å²) in [5.41, 5.74) is 1.74. The second-order valence-electron chi connectivity index (χ2n) is 3.35. The predicted octanol–water partition coefficient (Wildman–Crippen LogP) is 2.77. The van der Waals surface area contributed by atoms with E-state index in [1.165, 1.54) is 0 Å². The lowest BCUT2D eigenvalue weighted by molar-refractivity contribution is 0.149. The molecule has 1 aromatic rings. The first-order chi connectivity index (χ1) is 6.63. The number of hydrogen-bond acceptors (Lipinski definition) is 1. The van der Waals surface area contributed by atoms with E-state index in [2.05, 4.69) is 5.32 Å². The molecule has 1 aromatic carbocycles. The van der Waals surface area contributed by atoms with Gasteiger partial charge in [-0.15, -0.1) is 0 Å². The van der Waals surface area contributed by atoms with Gasteiger partial charge in [0.15, 0.2) is 0 Å². The van der Waals surface area contributed by atoms with Crippen molar-refractivity contribution in [1.29, 1.82) is 0 Å². The van der Waals surface area contributed by atoms with Gasteiger partial charge in [-0.05, 0) is 25.1 Å². The molecule has 0 aliphatic rings. The molecule has 1 atom stereocenters. The summed E-state index contributed by atoms with van der Waals surface area (Å²) in [6.07, 6.45) is -2.43. The van der Waals surface area contributed by atoms with Crippen LogP contribution in [0.1, 0.15) is 24.1 Å². The normalized spacial score (nSPS) is 13.2. The van der Waals surface area contributed by atoms with Crippen molar-refractivity contribution in [3.63, 3.8) is 0 Å². The van der Waals surface area contributed by atoms with Crippen LogP contribution in [0.3, 0.4) is 0 Å². The van der Waals surface area contributed by atoms with Crippen LogP contribution >= 0.6 is 0 Å². The summed E-state index contributed by atoms with van der Waals surface area (Å²) in [6, 6.07) is 7.52. The van der Waals surface area contributed by atoms with E-state index in [0.29, 0.717) is 5.56 Å². The average molecular weight is 199 g/mol. The minimum Gasteiger partial charge on any atom is -0.313 e. The SMILES string of the molecule is CNC(C)c1cccc(CC(F)F)c1. The largest absolute Gasteiger partial charge is 0.313 e. The van der Waals surface area contributed by atoms with Crippen LogP contribution in [0, 0.1) is 0 Å². The number of nitrogens with one attached hydrogen (secondary N) is 1. The second kappa shape index (κ2) is 5.05. The summed E-state index contributed by atoms with van der Waals surface area (Å²) >= 11 is 0. The molecule has 0 aromatic heterocycles. The van der Waals surface area contributed by atoms with Gasteiger partial charge in [0, 0.05) is 12.5 Å². The molecule has 0 radical (unpaired) electrons. The fourth-order valence-corrected chi connectivity index (χ4v) is 1.33. The third-order valence-electron chi connectivity index (χ3n) is 2.27. The summed E-state index contributed by atoms with van der Waals surface area (Å²) in [5, 5.41) is 3.07. The summed E-state index contributed by atoms with van der Waals surface area (Å²) in [4.78, 5) is 0. The number of rotatable bonds is 4. The molecule has 0 saturated carbocycles. The van der Waals surface area contributed by atoms with E-state index in [1.54, 1.807) is 6.07 Å². The Bertz CT molecular complexity index is 286. The Hall–Kier alpha value is -0.960. The summed E-state index contributed by atoms with van der Waals surface area (Å²) in [7, 11) is 1.85. The van der Waals surface area contributed by atoms with Crippen molar-refractivity contribution in [3.05, 3.63) is 35.4 Å². The zero-order valence-electron chi connectivity index (χ0n) is 8.43. The molecule has 3 heteroatoms. The van der Waals surface area contributed by atoms with Gasteiger partial charge in [-0.2, -0.15) is 0 Å².